The average Bonchev–Trinajstić information content (AvgIpc) is 3.05. The van der Waals surface area contributed by atoms with E-state index in [1.54, 1.807) is 18.2 Å². The molecule has 2 aromatic rings. The molecular weight excluding hydrogens is 421 g/mol. The molecule has 30 heavy (non-hydrogen) atoms. The quantitative estimate of drug-likeness (QED) is 0.724. The topological polar surface area (TPSA) is 69.2 Å². The molecule has 0 aliphatic carbocycles. The van der Waals surface area contributed by atoms with Gasteiger partial charge in [0.1, 0.15) is 13.2 Å². The first kappa shape index (κ1) is 20.1. The summed E-state index contributed by atoms with van der Waals surface area (Å²) in [6, 6.07) is 8.01. The zero-order valence-electron chi connectivity index (χ0n) is 15.6. The van der Waals surface area contributed by atoms with Crippen LogP contribution in [0.2, 0.25) is 0 Å². The van der Waals surface area contributed by atoms with Crippen molar-refractivity contribution >= 4 is 34.6 Å². The summed E-state index contributed by atoms with van der Waals surface area (Å²) >= 11 is 1.03. The van der Waals surface area contributed by atoms with Gasteiger partial charge in [0.15, 0.2) is 16.7 Å². The number of ether oxygens (including phenoxy) is 3. The third-order valence-corrected chi connectivity index (χ3v) is 5.11. The van der Waals surface area contributed by atoms with E-state index in [1.165, 1.54) is 19.2 Å². The highest BCUT2D eigenvalue weighted by Crippen LogP contribution is 2.41. The summed E-state index contributed by atoms with van der Waals surface area (Å²) in [5.41, 5.74) is -0.0678. The number of carbonyl (C=O) groups excluding carboxylic acids is 1. The minimum absolute atomic E-state index is 0.0925. The molecule has 1 N–H and O–H groups in total. The van der Waals surface area contributed by atoms with Crippen molar-refractivity contribution in [3.8, 4) is 17.2 Å². The Morgan fingerprint density at radius 2 is 2.00 bits per heavy atom. The van der Waals surface area contributed by atoms with Crippen molar-refractivity contribution in [3.63, 3.8) is 0 Å². The second-order valence-corrected chi connectivity index (χ2v) is 7.31. The van der Waals surface area contributed by atoms with Crippen LogP contribution in [0.1, 0.15) is 11.1 Å². The van der Waals surface area contributed by atoms with Crippen LogP contribution in [0.15, 0.2) is 46.3 Å². The van der Waals surface area contributed by atoms with Crippen molar-refractivity contribution < 1.29 is 32.2 Å². The fourth-order valence-electron chi connectivity index (χ4n) is 2.88. The highest BCUT2D eigenvalue weighted by Gasteiger charge is 2.31. The molecule has 6 nitrogen and oxygen atoms in total. The lowest BCUT2D eigenvalue weighted by molar-refractivity contribution is -0.137. The van der Waals surface area contributed by atoms with Crippen LogP contribution in [0.3, 0.4) is 0 Å². The molecule has 2 heterocycles. The van der Waals surface area contributed by atoms with Crippen LogP contribution in [0, 0.1) is 0 Å². The van der Waals surface area contributed by atoms with Crippen LogP contribution in [0.5, 0.6) is 17.2 Å². The fraction of sp³-hybridized carbons (Fsp3) is 0.200. The number of nitrogens with one attached hydrogen (secondary N) is 1. The predicted octanol–water partition coefficient (Wildman–Crippen LogP) is 4.38. The first-order chi connectivity index (χ1) is 14.3. The molecule has 0 unspecified atom stereocenters. The van der Waals surface area contributed by atoms with Gasteiger partial charge in [0.25, 0.3) is 5.91 Å². The van der Waals surface area contributed by atoms with E-state index in [0.29, 0.717) is 40.9 Å². The van der Waals surface area contributed by atoms with E-state index in [4.69, 9.17) is 14.2 Å². The van der Waals surface area contributed by atoms with Gasteiger partial charge in [-0.15, -0.1) is 0 Å². The van der Waals surface area contributed by atoms with E-state index in [2.05, 4.69) is 10.3 Å². The summed E-state index contributed by atoms with van der Waals surface area (Å²) in [6.45, 7) is 0.816. The van der Waals surface area contributed by atoms with Gasteiger partial charge in [0, 0.05) is 0 Å². The zero-order chi connectivity index (χ0) is 21.3. The van der Waals surface area contributed by atoms with Crippen LogP contribution in [0.25, 0.3) is 6.08 Å². The van der Waals surface area contributed by atoms with Gasteiger partial charge >= 0.3 is 6.18 Å². The van der Waals surface area contributed by atoms with Crippen molar-refractivity contribution in [2.24, 2.45) is 4.99 Å². The SMILES string of the molecule is COc1cc(/C=C2/SC(=Nc3cccc(C(F)(F)F)c3)NC2=O)cc2c1OCCO2. The number of alkyl halides is 3. The Morgan fingerprint density at radius 1 is 1.20 bits per heavy atom. The molecule has 2 aliphatic heterocycles. The second kappa shape index (κ2) is 7.94. The van der Waals surface area contributed by atoms with Crippen molar-refractivity contribution in [1.29, 1.82) is 0 Å². The molecule has 1 amide bonds. The van der Waals surface area contributed by atoms with Gasteiger partial charge in [0.05, 0.1) is 23.3 Å². The average molecular weight is 436 g/mol. The normalized spacial score (nSPS) is 18.6. The number of benzene rings is 2. The van der Waals surface area contributed by atoms with Gasteiger partial charge < -0.3 is 19.5 Å². The van der Waals surface area contributed by atoms with Crippen LogP contribution in [-0.2, 0) is 11.0 Å². The van der Waals surface area contributed by atoms with Crippen molar-refractivity contribution in [1.82, 2.24) is 5.32 Å². The Balaban J connectivity index is 1.60. The van der Waals surface area contributed by atoms with E-state index in [1.807, 2.05) is 0 Å². The van der Waals surface area contributed by atoms with E-state index in [-0.39, 0.29) is 10.9 Å². The van der Waals surface area contributed by atoms with Crippen molar-refractivity contribution in [2.75, 3.05) is 20.3 Å². The van der Waals surface area contributed by atoms with Crippen LogP contribution >= 0.6 is 11.8 Å². The predicted molar refractivity (Wildman–Crippen MR) is 106 cm³/mol. The summed E-state index contributed by atoms with van der Waals surface area (Å²) in [5.74, 6) is 1.08. The number of rotatable bonds is 3. The standard InChI is InChI=1S/C20H15F3N2O4S/c1-27-14-7-11(8-15-17(14)29-6-5-28-15)9-16-18(26)25-19(30-16)24-13-4-2-3-12(10-13)20(21,22)23/h2-4,7-10H,5-6H2,1H3,(H,24,25,26)/b16-9+. The lowest BCUT2D eigenvalue weighted by Crippen LogP contribution is -2.19. The van der Waals surface area contributed by atoms with Crippen molar-refractivity contribution in [2.45, 2.75) is 6.18 Å². The summed E-state index contributed by atoms with van der Waals surface area (Å²) in [5, 5.41) is 2.75. The van der Waals surface area contributed by atoms with Gasteiger partial charge in [-0.25, -0.2) is 4.99 Å². The number of fused-ring (bicyclic) bond motifs is 1. The monoisotopic (exact) mass is 436 g/mol. The molecule has 0 aromatic heterocycles. The zero-order valence-corrected chi connectivity index (χ0v) is 16.4. The molecule has 4 rings (SSSR count). The summed E-state index contributed by atoms with van der Waals surface area (Å²) in [6.07, 6.45) is -2.85. The highest BCUT2D eigenvalue weighted by atomic mass is 32.2. The van der Waals surface area contributed by atoms with Gasteiger partial charge in [0.2, 0.25) is 5.75 Å². The lowest BCUT2D eigenvalue weighted by atomic mass is 10.1. The second-order valence-electron chi connectivity index (χ2n) is 6.28. The number of hydrogen-bond acceptors (Lipinski definition) is 6. The minimum Gasteiger partial charge on any atom is -0.493 e. The van der Waals surface area contributed by atoms with E-state index >= 15 is 0 Å². The maximum absolute atomic E-state index is 12.9. The summed E-state index contributed by atoms with van der Waals surface area (Å²) in [4.78, 5) is 16.7. The van der Waals surface area contributed by atoms with Gasteiger partial charge in [-0.1, -0.05) is 6.07 Å². The smallest absolute Gasteiger partial charge is 0.416 e. The number of carbonyl (C=O) groups is 1. The Kier molecular flexibility index (Phi) is 5.33. The molecule has 1 fully saturated rings. The summed E-state index contributed by atoms with van der Waals surface area (Å²) in [7, 11) is 1.50. The van der Waals surface area contributed by atoms with Crippen molar-refractivity contribution in [3.05, 3.63) is 52.4 Å². The van der Waals surface area contributed by atoms with Gasteiger partial charge in [-0.05, 0) is 53.7 Å². The fourth-order valence-corrected chi connectivity index (χ4v) is 3.72. The number of methoxy groups -OCH3 is 1. The van der Waals surface area contributed by atoms with Gasteiger partial charge in [-0.3, -0.25) is 4.79 Å². The van der Waals surface area contributed by atoms with E-state index in [0.717, 1.165) is 23.9 Å². The van der Waals surface area contributed by atoms with Crippen LogP contribution in [-0.4, -0.2) is 31.4 Å². The third-order valence-electron chi connectivity index (χ3n) is 4.20. The first-order valence-electron chi connectivity index (χ1n) is 8.78. The molecular formula is C20H15F3N2O4S. The molecule has 1 saturated heterocycles. The van der Waals surface area contributed by atoms with E-state index < -0.39 is 17.6 Å². The number of hydrogen-bond donors (Lipinski definition) is 1. The molecule has 2 aliphatic rings. The maximum Gasteiger partial charge on any atom is 0.416 e. The Morgan fingerprint density at radius 3 is 2.77 bits per heavy atom. The molecule has 0 radical (unpaired) electrons. The maximum atomic E-state index is 12.9. The highest BCUT2D eigenvalue weighted by molar-refractivity contribution is 8.18. The minimum atomic E-state index is -4.47. The number of amidine groups is 1. The number of aliphatic imine (C=N–C) groups is 1. The number of amides is 1. The first-order valence-corrected chi connectivity index (χ1v) is 9.59. The van der Waals surface area contributed by atoms with Crippen LogP contribution in [0.4, 0.5) is 18.9 Å². The lowest BCUT2D eigenvalue weighted by Gasteiger charge is -2.21. The van der Waals surface area contributed by atoms with Gasteiger partial charge in [-0.2, -0.15) is 13.2 Å². The molecule has 10 heteroatoms. The Labute approximate surface area is 173 Å². The number of nitrogens with zero attached hydrogens (tertiary/aromatic N) is 1. The molecule has 0 saturated carbocycles. The Hall–Kier alpha value is -3.14. The number of halogens is 3. The number of thioether (sulfide) groups is 1. The Bertz CT molecular complexity index is 1050. The third kappa shape index (κ3) is 4.23. The summed E-state index contributed by atoms with van der Waals surface area (Å²) < 4.78 is 55.1. The largest absolute Gasteiger partial charge is 0.493 e. The molecule has 0 spiro atoms. The molecule has 0 atom stereocenters. The molecule has 2 aromatic carbocycles. The van der Waals surface area contributed by atoms with E-state index in [9.17, 15) is 18.0 Å². The van der Waals surface area contributed by atoms with Crippen LogP contribution < -0.4 is 19.5 Å². The molecule has 0 bridgehead atoms. The molecule has 156 valence electrons.